The van der Waals surface area contributed by atoms with Crippen LogP contribution in [-0.2, 0) is 10.0 Å². The van der Waals surface area contributed by atoms with Crippen LogP contribution < -0.4 is 4.72 Å². The maximum Gasteiger partial charge on any atom is 0.335 e. The van der Waals surface area contributed by atoms with Crippen LogP contribution in [0.15, 0.2) is 23.1 Å². The minimum atomic E-state index is -3.90. The third-order valence-corrected chi connectivity index (χ3v) is 4.25. The molecule has 0 fully saturated rings. The summed E-state index contributed by atoms with van der Waals surface area (Å²) < 4.78 is 29.6. The van der Waals surface area contributed by atoms with Gasteiger partial charge in [-0.15, -0.1) is 0 Å². The lowest BCUT2D eigenvalue weighted by Gasteiger charge is -2.07. The van der Waals surface area contributed by atoms with Gasteiger partial charge < -0.3 is 5.11 Å². The van der Waals surface area contributed by atoms with Crippen molar-refractivity contribution in [3.8, 4) is 0 Å². The molecule has 100 valence electrons. The Hall–Kier alpha value is -2.07. The molecule has 0 aliphatic heterocycles. The number of sulfonamides is 1. The van der Waals surface area contributed by atoms with Gasteiger partial charge in [-0.2, -0.15) is 0 Å². The first-order valence-electron chi connectivity index (χ1n) is 4.92. The van der Waals surface area contributed by atoms with Crippen LogP contribution in [0.2, 0.25) is 0 Å². The van der Waals surface area contributed by atoms with Crippen LogP contribution >= 0.6 is 11.5 Å². The molecule has 2 aromatic rings. The van der Waals surface area contributed by atoms with Crippen LogP contribution in [0.25, 0.3) is 0 Å². The van der Waals surface area contributed by atoms with Gasteiger partial charge in [0.15, 0.2) is 0 Å². The van der Waals surface area contributed by atoms with Gasteiger partial charge >= 0.3 is 5.97 Å². The Kier molecular flexibility index (Phi) is 3.44. The number of benzene rings is 1. The lowest BCUT2D eigenvalue weighted by atomic mass is 10.1. The van der Waals surface area contributed by atoms with Crippen molar-refractivity contribution < 1.29 is 18.3 Å². The summed E-state index contributed by atoms with van der Waals surface area (Å²) in [6.07, 6.45) is 0. The second-order valence-corrected chi connectivity index (χ2v) is 5.97. The van der Waals surface area contributed by atoms with Crippen molar-refractivity contribution >= 4 is 32.7 Å². The molecule has 19 heavy (non-hydrogen) atoms. The van der Waals surface area contributed by atoms with Crippen molar-refractivity contribution in [3.05, 3.63) is 29.3 Å². The van der Waals surface area contributed by atoms with Crippen LogP contribution in [0.4, 0.5) is 5.13 Å². The number of aromatic nitrogens is 3. The molecule has 0 bridgehead atoms. The summed E-state index contributed by atoms with van der Waals surface area (Å²) in [5.41, 5.74) is 0.405. The molecule has 0 saturated carbocycles. The molecular weight excluding hydrogens is 292 g/mol. The molecule has 0 saturated heterocycles. The standard InChI is InChI=1S/C9H8N4O4S2/c1-5-2-3-6(4-7(5)8(14)15)19(16,17)11-9-10-12-13-18-9/h2-4H,1H3,(H,14,15)(H,10,11,13). The number of carboxylic acids is 1. The zero-order chi connectivity index (χ0) is 14.0. The van der Waals surface area contributed by atoms with Crippen molar-refractivity contribution in [2.75, 3.05) is 4.72 Å². The molecule has 0 aliphatic carbocycles. The SMILES string of the molecule is Cc1ccc(S(=O)(=O)Nc2nnns2)cc1C(=O)O. The predicted octanol–water partition coefficient (Wildman–Crippen LogP) is 0.741. The topological polar surface area (TPSA) is 122 Å². The molecule has 0 atom stereocenters. The number of rotatable bonds is 4. The normalized spacial score (nSPS) is 11.2. The summed E-state index contributed by atoms with van der Waals surface area (Å²) in [5, 5.41) is 15.7. The van der Waals surface area contributed by atoms with Crippen molar-refractivity contribution in [2.24, 2.45) is 0 Å². The number of hydrogen-bond donors (Lipinski definition) is 2. The molecule has 0 radical (unpaired) electrons. The quantitative estimate of drug-likeness (QED) is 0.853. The summed E-state index contributed by atoms with van der Waals surface area (Å²) in [5.74, 6) is -1.19. The van der Waals surface area contributed by atoms with Crippen molar-refractivity contribution in [1.29, 1.82) is 0 Å². The summed E-state index contributed by atoms with van der Waals surface area (Å²) in [4.78, 5) is 10.8. The highest BCUT2D eigenvalue weighted by Crippen LogP contribution is 2.19. The fourth-order valence-corrected chi connectivity index (χ4v) is 2.96. The molecule has 1 aromatic carbocycles. The number of anilines is 1. The number of nitrogens with zero attached hydrogens (tertiary/aromatic N) is 3. The number of carbonyl (C=O) groups is 1. The Morgan fingerprint density at radius 3 is 2.74 bits per heavy atom. The Morgan fingerprint density at radius 2 is 2.16 bits per heavy atom. The second-order valence-electron chi connectivity index (χ2n) is 3.55. The molecule has 2 rings (SSSR count). The van der Waals surface area contributed by atoms with E-state index in [4.69, 9.17) is 5.11 Å². The van der Waals surface area contributed by atoms with E-state index in [2.05, 4.69) is 19.5 Å². The molecule has 2 N–H and O–H groups in total. The lowest BCUT2D eigenvalue weighted by Crippen LogP contribution is -2.14. The number of aryl methyl sites for hydroxylation is 1. The van der Waals surface area contributed by atoms with Crippen molar-refractivity contribution in [2.45, 2.75) is 11.8 Å². The fraction of sp³-hybridized carbons (Fsp3) is 0.111. The largest absolute Gasteiger partial charge is 0.478 e. The molecule has 10 heteroatoms. The van der Waals surface area contributed by atoms with Gasteiger partial charge in [0, 0.05) is 11.5 Å². The van der Waals surface area contributed by atoms with Crippen molar-refractivity contribution in [1.82, 2.24) is 14.8 Å². The Bertz CT molecular complexity index is 712. The van der Waals surface area contributed by atoms with Gasteiger partial charge in [0.25, 0.3) is 10.0 Å². The van der Waals surface area contributed by atoms with Crippen LogP contribution in [0.3, 0.4) is 0 Å². The van der Waals surface area contributed by atoms with E-state index < -0.39 is 16.0 Å². The zero-order valence-corrected chi connectivity index (χ0v) is 11.2. The van der Waals surface area contributed by atoms with E-state index in [-0.39, 0.29) is 15.6 Å². The zero-order valence-electron chi connectivity index (χ0n) is 9.56. The molecule has 0 unspecified atom stereocenters. The first-order valence-corrected chi connectivity index (χ1v) is 7.17. The highest BCUT2D eigenvalue weighted by atomic mass is 32.2. The van der Waals surface area contributed by atoms with E-state index in [1.165, 1.54) is 12.1 Å². The third kappa shape index (κ3) is 2.85. The van der Waals surface area contributed by atoms with Crippen LogP contribution in [0.1, 0.15) is 15.9 Å². The van der Waals surface area contributed by atoms with Crippen LogP contribution in [0.5, 0.6) is 0 Å². The summed E-state index contributed by atoms with van der Waals surface area (Å²) >= 11 is 0.779. The molecule has 8 nitrogen and oxygen atoms in total. The van der Waals surface area contributed by atoms with Gasteiger partial charge in [-0.1, -0.05) is 15.7 Å². The first kappa shape index (κ1) is 13.4. The fourth-order valence-electron chi connectivity index (χ4n) is 1.35. The van der Waals surface area contributed by atoms with Crippen molar-refractivity contribution in [3.63, 3.8) is 0 Å². The average Bonchev–Trinajstić information content (AvgIpc) is 2.80. The predicted molar refractivity (Wildman–Crippen MR) is 66.7 cm³/mol. The maximum atomic E-state index is 12.0. The van der Waals surface area contributed by atoms with Gasteiger partial charge in [-0.25, -0.2) is 13.2 Å². The minimum Gasteiger partial charge on any atom is -0.478 e. The summed E-state index contributed by atoms with van der Waals surface area (Å²) in [7, 11) is -3.90. The Morgan fingerprint density at radius 1 is 1.42 bits per heavy atom. The summed E-state index contributed by atoms with van der Waals surface area (Å²) in [6, 6.07) is 3.84. The maximum absolute atomic E-state index is 12.0. The first-order chi connectivity index (χ1) is 8.90. The van der Waals surface area contributed by atoms with E-state index in [9.17, 15) is 13.2 Å². The molecule has 0 aliphatic rings. The number of hydrogen-bond acceptors (Lipinski definition) is 7. The molecule has 1 aromatic heterocycles. The van der Waals surface area contributed by atoms with Gasteiger partial charge in [-0.05, 0) is 29.8 Å². The smallest absolute Gasteiger partial charge is 0.335 e. The molecule has 0 amide bonds. The van der Waals surface area contributed by atoms with Gasteiger partial charge in [-0.3, -0.25) is 4.72 Å². The molecule has 0 spiro atoms. The highest BCUT2D eigenvalue weighted by Gasteiger charge is 2.19. The Labute approximate surface area is 112 Å². The van der Waals surface area contributed by atoms with E-state index in [1.54, 1.807) is 6.92 Å². The van der Waals surface area contributed by atoms with E-state index >= 15 is 0 Å². The molecular formula is C9H8N4O4S2. The van der Waals surface area contributed by atoms with Crippen LogP contribution in [-0.4, -0.2) is 34.3 Å². The highest BCUT2D eigenvalue weighted by molar-refractivity contribution is 7.93. The number of carboxylic acid groups (broad SMARTS) is 1. The Balaban J connectivity index is 2.41. The minimum absolute atomic E-state index is 0.0115. The van der Waals surface area contributed by atoms with E-state index in [1.807, 2.05) is 0 Å². The van der Waals surface area contributed by atoms with E-state index in [0.29, 0.717) is 5.56 Å². The second kappa shape index (κ2) is 4.90. The van der Waals surface area contributed by atoms with Gasteiger partial charge in [0.2, 0.25) is 5.13 Å². The third-order valence-electron chi connectivity index (χ3n) is 2.27. The molecule has 1 heterocycles. The monoisotopic (exact) mass is 300 g/mol. The number of aromatic carboxylic acids is 1. The number of nitrogens with one attached hydrogen (secondary N) is 1. The summed E-state index contributed by atoms with van der Waals surface area (Å²) in [6.45, 7) is 1.59. The van der Waals surface area contributed by atoms with Crippen LogP contribution in [0, 0.1) is 6.92 Å². The van der Waals surface area contributed by atoms with Gasteiger partial charge in [0.1, 0.15) is 0 Å². The van der Waals surface area contributed by atoms with Gasteiger partial charge in [0.05, 0.1) is 10.5 Å². The lowest BCUT2D eigenvalue weighted by molar-refractivity contribution is 0.0696. The average molecular weight is 300 g/mol. The van der Waals surface area contributed by atoms with E-state index in [0.717, 1.165) is 17.6 Å².